The summed E-state index contributed by atoms with van der Waals surface area (Å²) in [7, 11) is 1.57. The van der Waals surface area contributed by atoms with Gasteiger partial charge in [0.2, 0.25) is 0 Å². The molecule has 0 saturated heterocycles. The maximum absolute atomic E-state index is 11.7. The summed E-state index contributed by atoms with van der Waals surface area (Å²) in [5, 5.41) is 19.3. The first-order valence-corrected chi connectivity index (χ1v) is 9.00. The summed E-state index contributed by atoms with van der Waals surface area (Å²) in [6.45, 7) is 16.6. The van der Waals surface area contributed by atoms with Crippen LogP contribution in [0.25, 0.3) is 9.69 Å². The number of nitrogens with zero attached hydrogens (tertiary/aromatic N) is 2. The summed E-state index contributed by atoms with van der Waals surface area (Å²) in [6.07, 6.45) is -0.0374. The van der Waals surface area contributed by atoms with Gasteiger partial charge in [0.05, 0.1) is 25.6 Å². The van der Waals surface area contributed by atoms with Crippen LogP contribution in [0.1, 0.15) is 24.8 Å². The van der Waals surface area contributed by atoms with E-state index >= 15 is 0 Å². The summed E-state index contributed by atoms with van der Waals surface area (Å²) in [5.41, 5.74) is -0.318. The number of hydrogen-bond donors (Lipinski definition) is 2. The highest BCUT2D eigenvalue weighted by atomic mass is 16.6. The molecule has 1 aromatic carbocycles. The molecule has 148 valence electrons. The van der Waals surface area contributed by atoms with E-state index in [1.807, 2.05) is 12.1 Å². The minimum atomic E-state index is -1.30. The van der Waals surface area contributed by atoms with Crippen molar-refractivity contribution in [3.05, 3.63) is 58.4 Å². The average molecular weight is 385 g/mol. The standard InChI is InChI=1S/C21H25N2O5/c1-14(22-2)21(23-3,12-15-5-8-17(27-4)9-6-15)18-11-16(25)7-10-19(18)28-20(26)13-24/h2,5-6,8-9,16,18-19,24-25H,1,7,10-13H2,4H3/q+1. The van der Waals surface area contributed by atoms with Gasteiger partial charge in [-0.25, -0.2) is 11.4 Å². The van der Waals surface area contributed by atoms with Gasteiger partial charge in [-0.2, -0.15) is 0 Å². The Kier molecular flexibility index (Phi) is 7.17. The Labute approximate surface area is 164 Å². The molecule has 4 atom stereocenters. The first kappa shape index (κ1) is 21.4. The van der Waals surface area contributed by atoms with Crippen molar-refractivity contribution in [2.24, 2.45) is 5.92 Å². The molecule has 1 aliphatic rings. The van der Waals surface area contributed by atoms with Crippen molar-refractivity contribution in [1.29, 1.82) is 0 Å². The largest absolute Gasteiger partial charge is 0.497 e. The van der Waals surface area contributed by atoms with E-state index in [1.165, 1.54) is 0 Å². The Bertz CT molecular complexity index is 792. The highest BCUT2D eigenvalue weighted by Crippen LogP contribution is 2.44. The van der Waals surface area contributed by atoms with Crippen LogP contribution in [0.2, 0.25) is 0 Å². The minimum Gasteiger partial charge on any atom is -0.497 e. The van der Waals surface area contributed by atoms with Gasteiger partial charge < -0.3 is 19.7 Å². The number of carbonyl (C=O) groups excluding carboxylic acids is 1. The fraction of sp³-hybridized carbons (Fsp3) is 0.476. The molecule has 1 saturated carbocycles. The molecule has 1 fully saturated rings. The summed E-state index contributed by atoms with van der Waals surface area (Å²) < 4.78 is 10.6. The maximum Gasteiger partial charge on any atom is 0.394 e. The number of rotatable bonds is 7. The van der Waals surface area contributed by atoms with Crippen LogP contribution in [0.5, 0.6) is 5.75 Å². The van der Waals surface area contributed by atoms with Crippen LogP contribution in [-0.4, -0.2) is 47.6 Å². The van der Waals surface area contributed by atoms with E-state index in [4.69, 9.17) is 27.7 Å². The molecule has 0 spiro atoms. The van der Waals surface area contributed by atoms with Gasteiger partial charge in [0.15, 0.2) is 0 Å². The van der Waals surface area contributed by atoms with Crippen LogP contribution in [-0.2, 0) is 16.0 Å². The van der Waals surface area contributed by atoms with E-state index in [1.54, 1.807) is 19.2 Å². The van der Waals surface area contributed by atoms with Crippen molar-refractivity contribution < 1.29 is 24.5 Å². The molecule has 0 aliphatic heterocycles. The van der Waals surface area contributed by atoms with Crippen LogP contribution >= 0.6 is 0 Å². The molecule has 2 N–H and O–H groups in total. The zero-order valence-electron chi connectivity index (χ0n) is 15.9. The van der Waals surface area contributed by atoms with E-state index in [0.717, 1.165) is 5.56 Å². The number of aliphatic hydroxyl groups excluding tert-OH is 2. The lowest BCUT2D eigenvalue weighted by atomic mass is 9.68. The molecule has 0 amide bonds. The topological polar surface area (TPSA) is 84.7 Å². The molecule has 1 aromatic rings. The number of ether oxygens (including phenoxy) is 2. The summed E-state index contributed by atoms with van der Waals surface area (Å²) in [4.78, 5) is 19.2. The summed E-state index contributed by atoms with van der Waals surface area (Å²) >= 11 is 0. The zero-order valence-corrected chi connectivity index (χ0v) is 15.9. The van der Waals surface area contributed by atoms with Crippen molar-refractivity contribution in [3.8, 4) is 12.3 Å². The van der Waals surface area contributed by atoms with Gasteiger partial charge >= 0.3 is 17.2 Å². The fourth-order valence-electron chi connectivity index (χ4n) is 3.77. The number of esters is 1. The summed E-state index contributed by atoms with van der Waals surface area (Å²) in [6, 6.07) is 7.23. The van der Waals surface area contributed by atoms with Crippen molar-refractivity contribution in [3.63, 3.8) is 0 Å². The number of hydrogen-bond acceptors (Lipinski definition) is 5. The van der Waals surface area contributed by atoms with Gasteiger partial charge in [0.25, 0.3) is 6.57 Å². The van der Waals surface area contributed by atoms with Crippen molar-refractivity contribution >= 4 is 5.97 Å². The van der Waals surface area contributed by atoms with Gasteiger partial charge in [0, 0.05) is 0 Å². The molecule has 7 nitrogen and oxygen atoms in total. The minimum absolute atomic E-state index is 0.155. The monoisotopic (exact) mass is 385 g/mol. The van der Waals surface area contributed by atoms with Gasteiger partial charge in [-0.15, -0.1) is 0 Å². The lowest BCUT2D eigenvalue weighted by Crippen LogP contribution is -2.50. The van der Waals surface area contributed by atoms with Gasteiger partial charge in [-0.05, 0) is 48.4 Å². The first-order valence-electron chi connectivity index (χ1n) is 9.00. The van der Waals surface area contributed by atoms with Crippen molar-refractivity contribution in [1.82, 2.24) is 0 Å². The third-order valence-electron chi connectivity index (χ3n) is 5.27. The smallest absolute Gasteiger partial charge is 0.394 e. The van der Waals surface area contributed by atoms with Crippen molar-refractivity contribution in [2.75, 3.05) is 13.7 Å². The van der Waals surface area contributed by atoms with E-state index in [-0.39, 0.29) is 18.5 Å². The normalized spacial score (nSPS) is 23.5. The van der Waals surface area contributed by atoms with Crippen LogP contribution < -0.4 is 4.74 Å². The van der Waals surface area contributed by atoms with E-state index in [9.17, 15) is 9.90 Å². The zero-order chi connectivity index (χ0) is 20.7. The molecule has 7 heteroatoms. The molecule has 0 bridgehead atoms. The Morgan fingerprint density at radius 2 is 2.07 bits per heavy atom. The molecular weight excluding hydrogens is 360 g/mol. The Morgan fingerprint density at radius 1 is 1.39 bits per heavy atom. The van der Waals surface area contributed by atoms with Gasteiger partial charge in [-0.3, -0.25) is 4.85 Å². The van der Waals surface area contributed by atoms with Crippen LogP contribution in [0.3, 0.4) is 0 Å². The lowest BCUT2D eigenvalue weighted by Gasteiger charge is -2.37. The second-order valence-corrected chi connectivity index (χ2v) is 6.90. The predicted molar refractivity (Wildman–Crippen MR) is 104 cm³/mol. The third-order valence-corrected chi connectivity index (χ3v) is 5.27. The van der Waals surface area contributed by atoms with Crippen molar-refractivity contribution in [2.45, 2.75) is 43.4 Å². The molecule has 0 heterocycles. The molecule has 1 aliphatic carbocycles. The van der Waals surface area contributed by atoms with E-state index in [2.05, 4.69) is 16.3 Å². The fourth-order valence-corrected chi connectivity index (χ4v) is 3.77. The SMILES string of the molecule is [C-]#[N+]C(Cc1ccc(OC)cc1)(C(=C)[N+]#C)C1CC(O)CCC1OC(=O)CO. The number of carbonyl (C=O) groups is 1. The van der Waals surface area contributed by atoms with Crippen LogP contribution in [0.15, 0.2) is 36.5 Å². The highest BCUT2D eigenvalue weighted by molar-refractivity contribution is 5.70. The predicted octanol–water partition coefficient (Wildman–Crippen LogP) is 2.44. The highest BCUT2D eigenvalue weighted by Gasteiger charge is 2.60. The maximum atomic E-state index is 11.7. The number of aliphatic hydroxyl groups is 2. The second-order valence-electron chi connectivity index (χ2n) is 6.90. The van der Waals surface area contributed by atoms with Gasteiger partial charge in [0.1, 0.15) is 18.5 Å². The first-order chi connectivity index (χ1) is 13.4. The molecule has 0 aromatic heterocycles. The summed E-state index contributed by atoms with van der Waals surface area (Å²) in [5.74, 6) is -0.668. The average Bonchev–Trinajstić information content (AvgIpc) is 2.73. The molecule has 28 heavy (non-hydrogen) atoms. The van der Waals surface area contributed by atoms with Crippen LogP contribution in [0.4, 0.5) is 0 Å². The van der Waals surface area contributed by atoms with E-state index in [0.29, 0.717) is 18.6 Å². The Balaban J connectivity index is 2.45. The molecule has 4 unspecified atom stereocenters. The van der Waals surface area contributed by atoms with Gasteiger partial charge in [-0.1, -0.05) is 12.1 Å². The Morgan fingerprint density at radius 3 is 2.61 bits per heavy atom. The molecular formula is C21H25N2O5+. The Hall–Kier alpha value is -2.87. The molecule has 0 radical (unpaired) electrons. The molecule has 2 rings (SSSR count). The quantitative estimate of drug-likeness (QED) is 0.556. The van der Waals surface area contributed by atoms with Crippen LogP contribution in [0, 0.1) is 19.1 Å². The lowest BCUT2D eigenvalue weighted by molar-refractivity contribution is -0.160. The second kappa shape index (κ2) is 9.36. The van der Waals surface area contributed by atoms with E-state index < -0.39 is 36.2 Å². The number of methoxy groups -OCH3 is 1. The number of benzene rings is 1. The third kappa shape index (κ3) is 4.51.